The molecule has 0 radical (unpaired) electrons. The summed E-state index contributed by atoms with van der Waals surface area (Å²) in [4.78, 5) is 16.3. The van der Waals surface area contributed by atoms with Crippen LogP contribution in [0.1, 0.15) is 17.2 Å². The predicted octanol–water partition coefficient (Wildman–Crippen LogP) is 1.60. The van der Waals surface area contributed by atoms with Gasteiger partial charge in [-0.25, -0.2) is 9.18 Å². The van der Waals surface area contributed by atoms with E-state index in [1.165, 1.54) is 11.0 Å². The second-order valence-electron chi connectivity index (χ2n) is 3.84. The summed E-state index contributed by atoms with van der Waals surface area (Å²) in [6, 6.07) is 3.94. The van der Waals surface area contributed by atoms with Crippen LogP contribution >= 0.6 is 0 Å². The Morgan fingerprint density at radius 2 is 2.19 bits per heavy atom. The van der Waals surface area contributed by atoms with Gasteiger partial charge in [0.05, 0.1) is 0 Å². The van der Waals surface area contributed by atoms with E-state index >= 15 is 0 Å². The lowest BCUT2D eigenvalue weighted by Gasteiger charge is -2.20. The Balaban J connectivity index is 2.42. The average Bonchev–Trinajstić information content (AvgIpc) is 2.47. The van der Waals surface area contributed by atoms with Crippen LogP contribution < -0.4 is 5.73 Å². The summed E-state index contributed by atoms with van der Waals surface area (Å²) < 4.78 is 13.4. The lowest BCUT2D eigenvalue weighted by molar-refractivity contribution is 0.218. The van der Waals surface area contributed by atoms with E-state index in [9.17, 15) is 9.18 Å². The molecule has 0 bridgehead atoms. The molecule has 5 heteroatoms. The number of aryl methyl sites for hydroxylation is 1. The molecular weight excluding hydrogens is 209 g/mol. The minimum absolute atomic E-state index is 0.204. The highest BCUT2D eigenvalue weighted by atomic mass is 19.1. The van der Waals surface area contributed by atoms with Crippen LogP contribution in [0.2, 0.25) is 0 Å². The van der Waals surface area contributed by atoms with Crippen molar-refractivity contribution in [2.24, 2.45) is 10.7 Å². The van der Waals surface area contributed by atoms with Gasteiger partial charge in [-0.05, 0) is 24.1 Å². The van der Waals surface area contributed by atoms with E-state index in [4.69, 9.17) is 5.73 Å². The zero-order valence-corrected chi connectivity index (χ0v) is 9.07. The van der Waals surface area contributed by atoms with E-state index in [1.807, 2.05) is 0 Å². The number of hydrogen-bond acceptors (Lipinski definition) is 2. The van der Waals surface area contributed by atoms with Crippen LogP contribution in [-0.2, 0) is 0 Å². The highest BCUT2D eigenvalue weighted by Crippen LogP contribution is 2.26. The molecule has 0 aliphatic carbocycles. The Hall–Kier alpha value is -1.91. The van der Waals surface area contributed by atoms with Crippen molar-refractivity contribution >= 4 is 11.9 Å². The summed E-state index contributed by atoms with van der Waals surface area (Å²) in [6.45, 7) is 1.68. The molecule has 1 aromatic carbocycles. The van der Waals surface area contributed by atoms with Gasteiger partial charge in [0.25, 0.3) is 0 Å². The van der Waals surface area contributed by atoms with Gasteiger partial charge in [0.1, 0.15) is 17.7 Å². The standard InChI is InChI=1S/C11H12FN3O/c1-6-3-4-7(5-8(6)12)9-10(13)14-11(16)15(9)2/h3-5,9H,1-2H3,(H2,13,14,16). The van der Waals surface area contributed by atoms with Crippen LogP contribution in [0, 0.1) is 12.7 Å². The molecule has 1 aromatic rings. The minimum Gasteiger partial charge on any atom is -0.385 e. The van der Waals surface area contributed by atoms with E-state index in [0.29, 0.717) is 11.1 Å². The summed E-state index contributed by atoms with van der Waals surface area (Å²) in [7, 11) is 1.59. The maximum atomic E-state index is 13.4. The largest absolute Gasteiger partial charge is 0.385 e. The number of halogens is 1. The Labute approximate surface area is 92.6 Å². The lowest BCUT2D eigenvalue weighted by atomic mass is 10.0. The summed E-state index contributed by atoms with van der Waals surface area (Å²) >= 11 is 0. The number of aliphatic imine (C=N–C) groups is 1. The molecule has 16 heavy (non-hydrogen) atoms. The summed E-state index contributed by atoms with van der Waals surface area (Å²) in [6.07, 6.45) is 0. The van der Waals surface area contributed by atoms with Gasteiger partial charge in [-0.3, -0.25) is 0 Å². The molecule has 1 aliphatic rings. The molecule has 0 spiro atoms. The number of carbonyl (C=O) groups is 1. The van der Waals surface area contributed by atoms with Crippen LogP contribution in [0.25, 0.3) is 0 Å². The summed E-state index contributed by atoms with van der Waals surface area (Å²) in [5, 5.41) is 0. The fourth-order valence-corrected chi connectivity index (χ4v) is 1.73. The van der Waals surface area contributed by atoms with E-state index in [1.54, 1.807) is 26.1 Å². The maximum Gasteiger partial charge on any atom is 0.345 e. The molecule has 2 rings (SSSR count). The fourth-order valence-electron chi connectivity index (χ4n) is 1.73. The van der Waals surface area contributed by atoms with Crippen LogP contribution in [0.3, 0.4) is 0 Å². The third-order valence-corrected chi connectivity index (χ3v) is 2.71. The zero-order chi connectivity index (χ0) is 11.9. The Bertz CT molecular complexity index is 484. The number of nitrogens with two attached hydrogens (primary N) is 1. The predicted molar refractivity (Wildman–Crippen MR) is 58.7 cm³/mol. The molecule has 0 saturated carbocycles. The molecule has 0 aromatic heterocycles. The molecule has 1 aliphatic heterocycles. The lowest BCUT2D eigenvalue weighted by Crippen LogP contribution is -2.30. The Morgan fingerprint density at radius 3 is 2.69 bits per heavy atom. The van der Waals surface area contributed by atoms with Crippen molar-refractivity contribution in [3.63, 3.8) is 0 Å². The summed E-state index contributed by atoms with van der Waals surface area (Å²) in [5.41, 5.74) is 6.84. The van der Waals surface area contributed by atoms with Crippen LogP contribution in [0.5, 0.6) is 0 Å². The highest BCUT2D eigenvalue weighted by Gasteiger charge is 2.31. The first kappa shape index (κ1) is 10.6. The van der Waals surface area contributed by atoms with Gasteiger partial charge in [-0.1, -0.05) is 12.1 Å². The molecule has 1 heterocycles. The van der Waals surface area contributed by atoms with Crippen molar-refractivity contribution in [1.29, 1.82) is 0 Å². The van der Waals surface area contributed by atoms with Crippen LogP contribution in [0.15, 0.2) is 23.2 Å². The number of benzene rings is 1. The molecule has 1 unspecified atom stereocenters. The monoisotopic (exact) mass is 221 g/mol. The van der Waals surface area contributed by atoms with Gasteiger partial charge in [0.15, 0.2) is 0 Å². The van der Waals surface area contributed by atoms with Crippen molar-refractivity contribution in [2.75, 3.05) is 7.05 Å². The first-order valence-electron chi connectivity index (χ1n) is 4.87. The van der Waals surface area contributed by atoms with Gasteiger partial charge in [0.2, 0.25) is 0 Å². The fraction of sp³-hybridized carbons (Fsp3) is 0.273. The number of carbonyl (C=O) groups excluding carboxylic acids is 1. The molecule has 1 atom stereocenters. The molecular formula is C11H12FN3O. The minimum atomic E-state index is -0.456. The first-order valence-corrected chi connectivity index (χ1v) is 4.87. The van der Waals surface area contributed by atoms with Gasteiger partial charge < -0.3 is 10.6 Å². The van der Waals surface area contributed by atoms with Gasteiger partial charge in [-0.2, -0.15) is 4.99 Å². The van der Waals surface area contributed by atoms with Crippen LogP contribution in [-0.4, -0.2) is 23.8 Å². The second kappa shape index (κ2) is 3.59. The summed E-state index contributed by atoms with van der Waals surface area (Å²) in [5.74, 6) is -0.103. The molecule has 0 saturated heterocycles. The zero-order valence-electron chi connectivity index (χ0n) is 9.07. The maximum absolute atomic E-state index is 13.4. The number of amides is 2. The molecule has 0 fully saturated rings. The van der Waals surface area contributed by atoms with Crippen LogP contribution in [0.4, 0.5) is 9.18 Å². The van der Waals surface area contributed by atoms with E-state index in [-0.39, 0.29) is 11.7 Å². The Kier molecular flexibility index (Phi) is 2.38. The van der Waals surface area contributed by atoms with Gasteiger partial charge in [-0.15, -0.1) is 0 Å². The smallest absolute Gasteiger partial charge is 0.345 e. The second-order valence-corrected chi connectivity index (χ2v) is 3.84. The Morgan fingerprint density at radius 1 is 1.50 bits per heavy atom. The van der Waals surface area contributed by atoms with E-state index in [2.05, 4.69) is 4.99 Å². The molecule has 84 valence electrons. The third kappa shape index (κ3) is 1.54. The number of nitrogens with zero attached hydrogens (tertiary/aromatic N) is 2. The quantitative estimate of drug-likeness (QED) is 0.783. The van der Waals surface area contributed by atoms with Gasteiger partial charge in [0, 0.05) is 7.05 Å². The average molecular weight is 221 g/mol. The topological polar surface area (TPSA) is 58.7 Å². The molecule has 2 amide bonds. The SMILES string of the molecule is Cc1ccc(C2C(N)=NC(=O)N2C)cc1F. The van der Waals surface area contributed by atoms with Crippen molar-refractivity contribution in [3.05, 3.63) is 35.1 Å². The number of urea groups is 1. The number of hydrogen-bond donors (Lipinski definition) is 1. The number of rotatable bonds is 1. The van der Waals surface area contributed by atoms with Crippen molar-refractivity contribution in [2.45, 2.75) is 13.0 Å². The van der Waals surface area contributed by atoms with E-state index < -0.39 is 12.1 Å². The van der Waals surface area contributed by atoms with Crippen molar-refractivity contribution < 1.29 is 9.18 Å². The number of amidine groups is 1. The molecule has 4 nitrogen and oxygen atoms in total. The van der Waals surface area contributed by atoms with Gasteiger partial charge >= 0.3 is 6.03 Å². The highest BCUT2D eigenvalue weighted by molar-refractivity contribution is 6.03. The number of likely N-dealkylation sites (N-methyl/N-ethyl adjacent to an activating group) is 1. The van der Waals surface area contributed by atoms with Crippen molar-refractivity contribution in [1.82, 2.24) is 4.90 Å². The normalized spacial score (nSPS) is 20.2. The third-order valence-electron chi connectivity index (χ3n) is 2.71. The first-order chi connectivity index (χ1) is 7.50. The molecule has 2 N–H and O–H groups in total. The van der Waals surface area contributed by atoms with Crippen molar-refractivity contribution in [3.8, 4) is 0 Å². The van der Waals surface area contributed by atoms with E-state index in [0.717, 1.165) is 0 Å².